The van der Waals surface area contributed by atoms with Crippen molar-refractivity contribution >= 4 is 22.5 Å². The maximum Gasteiger partial charge on any atom is 0.229 e. The van der Waals surface area contributed by atoms with Crippen molar-refractivity contribution in [3.63, 3.8) is 0 Å². The van der Waals surface area contributed by atoms with Crippen LogP contribution < -0.4 is 10.1 Å². The van der Waals surface area contributed by atoms with E-state index in [2.05, 4.69) is 16.5 Å². The van der Waals surface area contributed by atoms with Crippen molar-refractivity contribution in [2.24, 2.45) is 0 Å². The minimum Gasteiger partial charge on any atom is -0.497 e. The van der Waals surface area contributed by atoms with Crippen molar-refractivity contribution in [1.29, 1.82) is 0 Å². The molecular weight excluding hydrogens is 386 g/mol. The first-order valence-corrected chi connectivity index (χ1v) is 10.9. The number of benzene rings is 2. The molecule has 0 unspecified atom stereocenters. The van der Waals surface area contributed by atoms with Crippen LogP contribution in [0.2, 0.25) is 0 Å². The summed E-state index contributed by atoms with van der Waals surface area (Å²) in [5.74, 6) is 2.08. The number of methoxy groups -OCH3 is 1. The van der Waals surface area contributed by atoms with E-state index in [1.54, 1.807) is 11.8 Å². The minimum absolute atomic E-state index is 0.137. The summed E-state index contributed by atoms with van der Waals surface area (Å²) < 4.78 is 19.0. The largest absolute Gasteiger partial charge is 0.497 e. The average molecular weight is 410 g/mol. The number of aryl methyl sites for hydroxylation is 2. The van der Waals surface area contributed by atoms with Gasteiger partial charge in [-0.05, 0) is 43.2 Å². The van der Waals surface area contributed by atoms with Gasteiger partial charge in [0.25, 0.3) is 0 Å². The maximum atomic E-state index is 12.8. The number of anilines is 1. The van der Waals surface area contributed by atoms with Crippen LogP contribution in [0.1, 0.15) is 27.9 Å². The average Bonchev–Trinajstić information content (AvgIpc) is 3.19. The monoisotopic (exact) mass is 409 g/mol. The standard InChI is InChI=1S/C22H23N3O3S/c1-14-4-9-20(15(2)10-14)25-22(18-12-29(27)13-19(18)24-25)23-21(26)11-16-5-7-17(28-3)8-6-16/h4-10H,11-13H2,1-3H3,(H,23,26)/t29-/m0/s1. The van der Waals surface area contributed by atoms with Crippen LogP contribution in [0.15, 0.2) is 42.5 Å². The SMILES string of the molecule is COc1ccc(CC(=O)Nc2c3c(nn2-c2ccc(C)cc2C)C[S@@](=O)C3)cc1. The second kappa shape index (κ2) is 7.83. The van der Waals surface area contributed by atoms with E-state index in [1.807, 2.05) is 50.2 Å². The van der Waals surface area contributed by atoms with Gasteiger partial charge in [-0.1, -0.05) is 29.8 Å². The number of ether oxygens (including phenoxy) is 1. The maximum absolute atomic E-state index is 12.8. The minimum atomic E-state index is -0.970. The lowest BCUT2D eigenvalue weighted by molar-refractivity contribution is -0.115. The molecule has 1 atom stereocenters. The third-order valence-electron chi connectivity index (χ3n) is 5.03. The van der Waals surface area contributed by atoms with Crippen LogP contribution in [-0.2, 0) is 33.5 Å². The predicted octanol–water partition coefficient (Wildman–Crippen LogP) is 3.44. The van der Waals surface area contributed by atoms with Crippen molar-refractivity contribution in [1.82, 2.24) is 9.78 Å². The van der Waals surface area contributed by atoms with E-state index in [4.69, 9.17) is 4.74 Å². The van der Waals surface area contributed by atoms with Gasteiger partial charge in [0.05, 0.1) is 36.4 Å². The summed E-state index contributed by atoms with van der Waals surface area (Å²) in [7, 11) is 0.642. The molecule has 29 heavy (non-hydrogen) atoms. The molecule has 1 aliphatic rings. The summed E-state index contributed by atoms with van der Waals surface area (Å²) in [6.07, 6.45) is 0.236. The van der Waals surface area contributed by atoms with E-state index in [0.29, 0.717) is 17.3 Å². The molecule has 3 aromatic rings. The van der Waals surface area contributed by atoms with E-state index >= 15 is 0 Å². The Morgan fingerprint density at radius 1 is 1.17 bits per heavy atom. The molecule has 0 bridgehead atoms. The summed E-state index contributed by atoms with van der Waals surface area (Å²) in [6, 6.07) is 13.5. The molecule has 2 aromatic carbocycles. The molecule has 0 saturated heterocycles. The van der Waals surface area contributed by atoms with E-state index in [1.165, 1.54) is 0 Å². The van der Waals surface area contributed by atoms with Gasteiger partial charge >= 0.3 is 0 Å². The number of fused-ring (bicyclic) bond motifs is 1. The molecule has 1 aliphatic heterocycles. The van der Waals surface area contributed by atoms with Crippen molar-refractivity contribution in [3.8, 4) is 11.4 Å². The Hall–Kier alpha value is -2.93. The Morgan fingerprint density at radius 2 is 1.93 bits per heavy atom. The number of nitrogens with zero attached hydrogens (tertiary/aromatic N) is 2. The first-order valence-electron chi connectivity index (χ1n) is 9.40. The summed E-state index contributed by atoms with van der Waals surface area (Å²) >= 11 is 0. The fourth-order valence-corrected chi connectivity index (χ4v) is 4.84. The highest BCUT2D eigenvalue weighted by molar-refractivity contribution is 7.83. The van der Waals surface area contributed by atoms with Gasteiger partial charge in [-0.25, -0.2) is 4.68 Å². The molecule has 0 fully saturated rings. The third kappa shape index (κ3) is 3.96. The smallest absolute Gasteiger partial charge is 0.229 e. The van der Waals surface area contributed by atoms with Gasteiger partial charge in [0.2, 0.25) is 5.91 Å². The molecule has 6 nitrogen and oxygen atoms in total. The molecule has 1 amide bonds. The Balaban J connectivity index is 1.65. The Kier molecular flexibility index (Phi) is 5.24. The lowest BCUT2D eigenvalue weighted by atomic mass is 10.1. The van der Waals surface area contributed by atoms with Crippen LogP contribution >= 0.6 is 0 Å². The lowest BCUT2D eigenvalue weighted by Crippen LogP contribution is -2.18. The number of hydrogen-bond acceptors (Lipinski definition) is 4. The van der Waals surface area contributed by atoms with E-state index in [-0.39, 0.29) is 12.3 Å². The topological polar surface area (TPSA) is 73.2 Å². The Labute approximate surface area is 172 Å². The van der Waals surface area contributed by atoms with Crippen LogP contribution in [0.25, 0.3) is 5.69 Å². The second-order valence-electron chi connectivity index (χ2n) is 7.28. The number of amides is 1. The molecule has 150 valence electrons. The highest BCUT2D eigenvalue weighted by Crippen LogP contribution is 2.32. The van der Waals surface area contributed by atoms with Gasteiger partial charge in [-0.15, -0.1) is 0 Å². The second-order valence-corrected chi connectivity index (χ2v) is 8.73. The molecule has 0 spiro atoms. The van der Waals surface area contributed by atoms with E-state index < -0.39 is 10.8 Å². The van der Waals surface area contributed by atoms with Crippen molar-refractivity contribution < 1.29 is 13.7 Å². The molecular formula is C22H23N3O3S. The fourth-order valence-electron chi connectivity index (χ4n) is 3.58. The third-order valence-corrected chi connectivity index (χ3v) is 6.24. The summed E-state index contributed by atoms with van der Waals surface area (Å²) in [5, 5.41) is 7.70. The lowest BCUT2D eigenvalue weighted by Gasteiger charge is -2.13. The van der Waals surface area contributed by atoms with Crippen molar-refractivity contribution in [2.45, 2.75) is 31.8 Å². The van der Waals surface area contributed by atoms with Gasteiger partial charge in [0.1, 0.15) is 11.6 Å². The Bertz CT molecular complexity index is 1100. The molecule has 4 rings (SSSR count). The number of nitrogens with one attached hydrogen (secondary N) is 1. The number of aromatic nitrogens is 2. The molecule has 1 N–H and O–H groups in total. The summed E-state index contributed by atoms with van der Waals surface area (Å²) in [4.78, 5) is 12.8. The zero-order valence-corrected chi connectivity index (χ0v) is 17.5. The quantitative estimate of drug-likeness (QED) is 0.701. The molecule has 7 heteroatoms. The normalized spacial score (nSPS) is 15.2. The van der Waals surface area contributed by atoms with Crippen LogP contribution in [0.3, 0.4) is 0 Å². The van der Waals surface area contributed by atoms with Crippen molar-refractivity contribution in [3.05, 3.63) is 70.4 Å². The van der Waals surface area contributed by atoms with Crippen molar-refractivity contribution in [2.75, 3.05) is 12.4 Å². The number of carbonyl (C=O) groups is 1. The first kappa shape index (κ1) is 19.4. The fraction of sp³-hybridized carbons (Fsp3) is 0.273. The molecule has 1 aromatic heterocycles. The predicted molar refractivity (Wildman–Crippen MR) is 114 cm³/mol. The highest BCUT2D eigenvalue weighted by Gasteiger charge is 2.28. The van der Waals surface area contributed by atoms with Crippen LogP contribution in [0.4, 0.5) is 5.82 Å². The summed E-state index contributed by atoms with van der Waals surface area (Å²) in [5.41, 5.74) is 5.70. The number of hydrogen-bond donors (Lipinski definition) is 1. The molecule has 2 heterocycles. The molecule has 0 radical (unpaired) electrons. The number of carbonyl (C=O) groups excluding carboxylic acids is 1. The van der Waals surface area contributed by atoms with Gasteiger partial charge < -0.3 is 10.1 Å². The number of rotatable bonds is 5. The van der Waals surface area contributed by atoms with E-state index in [9.17, 15) is 9.00 Å². The van der Waals surface area contributed by atoms with Gasteiger partial charge in [-0.2, -0.15) is 5.10 Å². The molecule has 0 aliphatic carbocycles. The Morgan fingerprint density at radius 3 is 2.62 bits per heavy atom. The van der Waals surface area contributed by atoms with Crippen LogP contribution in [-0.4, -0.2) is 27.0 Å². The summed E-state index contributed by atoms with van der Waals surface area (Å²) in [6.45, 7) is 4.07. The zero-order chi connectivity index (χ0) is 20.5. The molecule has 0 saturated carbocycles. The van der Waals surface area contributed by atoms with E-state index in [0.717, 1.165) is 39.4 Å². The zero-order valence-electron chi connectivity index (χ0n) is 16.7. The van der Waals surface area contributed by atoms with Crippen LogP contribution in [0.5, 0.6) is 5.75 Å². The van der Waals surface area contributed by atoms with Gasteiger partial charge in [-0.3, -0.25) is 9.00 Å². The first-order chi connectivity index (χ1) is 13.9. The van der Waals surface area contributed by atoms with Gasteiger partial charge in [0.15, 0.2) is 0 Å². The van der Waals surface area contributed by atoms with Crippen LogP contribution in [0, 0.1) is 13.8 Å². The highest BCUT2D eigenvalue weighted by atomic mass is 32.2. The van der Waals surface area contributed by atoms with Gasteiger partial charge in [0, 0.05) is 16.4 Å².